The minimum atomic E-state index is -2.23. The van der Waals surface area contributed by atoms with E-state index in [1.165, 1.54) is 140 Å². The molecule has 4 aliphatic carbocycles. The Hall–Kier alpha value is -1.45. The zero-order chi connectivity index (χ0) is 37.5. The third-order valence-electron chi connectivity index (χ3n) is 13.4. The number of rotatable bonds is 22. The predicted molar refractivity (Wildman–Crippen MR) is 202 cm³/mol. The number of alkyl halides is 1. The lowest BCUT2D eigenvalue weighted by atomic mass is 9.44. The fraction of sp³-hybridized carbons (Fsp3) is 0.860. The maximum absolute atomic E-state index is 16.8. The number of hydrogen-bond acceptors (Lipinski definition) is 7. The van der Waals surface area contributed by atoms with Crippen molar-refractivity contribution in [2.24, 2.45) is 22.7 Å². The van der Waals surface area contributed by atoms with Crippen LogP contribution in [0.2, 0.25) is 0 Å². The van der Waals surface area contributed by atoms with Gasteiger partial charge in [0.1, 0.15) is 6.61 Å². The van der Waals surface area contributed by atoms with E-state index in [2.05, 4.69) is 6.92 Å². The first-order chi connectivity index (χ1) is 24.4. The minimum Gasteiger partial charge on any atom is -0.396 e. The molecule has 0 bridgehead atoms. The van der Waals surface area contributed by atoms with Gasteiger partial charge >= 0.3 is 0 Å². The SMILES string of the molecule is CCCCCCCCCCCCCCCCCCCCCCO.C[C@]12C=CC(=O)C=C1CC[C@H]1[C@@H]3C[C@@H](O)[C@](O)(C(=O)CO)[C@@]3(C)C[C@H](O)[C@@]12F. The third kappa shape index (κ3) is 10.0. The van der Waals surface area contributed by atoms with E-state index < -0.39 is 58.5 Å². The standard InChI is InChI=1S/C22H46O.C21H27FO6/c1-2-3-4-5-6-7-8-9-10-11-12-13-14-15-16-17-18-19-20-21-22-23;1-18-6-5-12(24)7-11(18)3-4-13-14-8-15(25)21(28,17(27)10-23)19(14,2)9-16(26)20(13,18)22/h23H,2-22H2,1H3;5-7,13-16,23,25-26,28H,3-4,8-10H2,1-2H3/t;13-,14-,15+,16-,18-,19-,20-,21-/m.0/s1. The molecule has 0 heterocycles. The maximum Gasteiger partial charge on any atom is 0.192 e. The summed E-state index contributed by atoms with van der Waals surface area (Å²) in [6, 6.07) is 0. The molecular formula is C43H73FO7. The first-order valence-corrected chi connectivity index (χ1v) is 20.8. The molecule has 0 radical (unpaired) electrons. The van der Waals surface area contributed by atoms with Crippen LogP contribution >= 0.6 is 0 Å². The van der Waals surface area contributed by atoms with E-state index in [0.29, 0.717) is 25.0 Å². The lowest BCUT2D eigenvalue weighted by Gasteiger charge is -2.62. The van der Waals surface area contributed by atoms with Crippen LogP contribution in [0.1, 0.15) is 175 Å². The Balaban J connectivity index is 0.000000283. The van der Waals surface area contributed by atoms with Crippen LogP contribution in [-0.2, 0) is 9.59 Å². The number of aliphatic hydroxyl groups excluding tert-OH is 4. The van der Waals surface area contributed by atoms with E-state index >= 15 is 4.39 Å². The summed E-state index contributed by atoms with van der Waals surface area (Å²) in [6.07, 6.45) is 30.1. The molecule has 0 aromatic heterocycles. The van der Waals surface area contributed by atoms with Crippen LogP contribution in [0.25, 0.3) is 0 Å². The van der Waals surface area contributed by atoms with Gasteiger partial charge in [-0.05, 0) is 57.1 Å². The summed E-state index contributed by atoms with van der Waals surface area (Å²) in [5.41, 5.74) is -6.12. The molecule has 8 atom stereocenters. The van der Waals surface area contributed by atoms with Crippen molar-refractivity contribution in [1.29, 1.82) is 0 Å². The summed E-state index contributed by atoms with van der Waals surface area (Å²) in [5, 5.41) is 50.8. The van der Waals surface area contributed by atoms with Gasteiger partial charge in [-0.25, -0.2) is 4.39 Å². The molecule has 0 aromatic carbocycles. The molecule has 0 saturated heterocycles. The Kier molecular flexibility index (Phi) is 18.0. The number of fused-ring (bicyclic) bond motifs is 5. The number of ketones is 2. The molecule has 4 aliphatic rings. The van der Waals surface area contributed by atoms with Gasteiger partial charge in [0.2, 0.25) is 0 Å². The van der Waals surface area contributed by atoms with Crippen molar-refractivity contribution in [3.63, 3.8) is 0 Å². The summed E-state index contributed by atoms with van der Waals surface area (Å²) in [5.74, 6) is -2.38. The van der Waals surface area contributed by atoms with Gasteiger partial charge in [-0.3, -0.25) is 9.59 Å². The highest BCUT2D eigenvalue weighted by Gasteiger charge is 2.76. The number of hydrogen-bond donors (Lipinski definition) is 5. The molecule has 3 fully saturated rings. The quantitative estimate of drug-likeness (QED) is 0.0709. The number of allylic oxidation sites excluding steroid dienone is 4. The van der Waals surface area contributed by atoms with Gasteiger partial charge in [0.05, 0.1) is 12.2 Å². The van der Waals surface area contributed by atoms with Gasteiger partial charge in [0.15, 0.2) is 22.8 Å². The maximum atomic E-state index is 16.8. The van der Waals surface area contributed by atoms with Crippen molar-refractivity contribution < 1.29 is 39.5 Å². The van der Waals surface area contributed by atoms with Crippen molar-refractivity contribution in [3.8, 4) is 0 Å². The summed E-state index contributed by atoms with van der Waals surface area (Å²) in [7, 11) is 0. The highest BCUT2D eigenvalue weighted by atomic mass is 19.1. The Labute approximate surface area is 308 Å². The largest absolute Gasteiger partial charge is 0.396 e. The normalized spacial score (nSPS) is 33.9. The molecule has 0 unspecified atom stereocenters. The van der Waals surface area contributed by atoms with Crippen LogP contribution in [0.3, 0.4) is 0 Å². The van der Waals surface area contributed by atoms with E-state index in [1.807, 2.05) is 0 Å². The molecule has 8 heteroatoms. The molecular weight excluding hydrogens is 647 g/mol. The Morgan fingerprint density at radius 1 is 0.765 bits per heavy atom. The number of carbonyl (C=O) groups is 2. The molecule has 0 spiro atoms. The highest BCUT2D eigenvalue weighted by molar-refractivity contribution is 6.01. The van der Waals surface area contributed by atoms with Crippen molar-refractivity contribution in [1.82, 2.24) is 0 Å². The lowest BCUT2D eigenvalue weighted by molar-refractivity contribution is -0.222. The van der Waals surface area contributed by atoms with Gasteiger partial charge in [-0.2, -0.15) is 0 Å². The Bertz CT molecular complexity index is 1120. The fourth-order valence-corrected chi connectivity index (χ4v) is 10.2. The molecule has 5 N–H and O–H groups in total. The van der Waals surface area contributed by atoms with Crippen molar-refractivity contribution >= 4 is 11.6 Å². The molecule has 51 heavy (non-hydrogen) atoms. The summed E-state index contributed by atoms with van der Waals surface area (Å²) >= 11 is 0. The molecule has 4 rings (SSSR count). The van der Waals surface area contributed by atoms with Gasteiger partial charge in [0.25, 0.3) is 0 Å². The second-order valence-corrected chi connectivity index (χ2v) is 16.8. The van der Waals surface area contributed by atoms with Crippen LogP contribution in [0.4, 0.5) is 4.39 Å². The zero-order valence-corrected chi connectivity index (χ0v) is 32.4. The first kappa shape index (κ1) is 44.0. The number of halogens is 1. The number of carbonyl (C=O) groups excluding carboxylic acids is 2. The van der Waals surface area contributed by atoms with Gasteiger partial charge in [-0.15, -0.1) is 0 Å². The van der Waals surface area contributed by atoms with Crippen molar-refractivity contribution in [3.05, 3.63) is 23.8 Å². The Morgan fingerprint density at radius 2 is 1.24 bits per heavy atom. The van der Waals surface area contributed by atoms with E-state index in [4.69, 9.17) is 5.11 Å². The van der Waals surface area contributed by atoms with Crippen LogP contribution < -0.4 is 0 Å². The van der Waals surface area contributed by atoms with Crippen LogP contribution in [0.5, 0.6) is 0 Å². The van der Waals surface area contributed by atoms with Crippen LogP contribution in [-0.4, -0.2) is 73.8 Å². The average molecular weight is 721 g/mol. The molecule has 7 nitrogen and oxygen atoms in total. The number of Topliss-reactive ketones (excluding diaryl/α,β-unsaturated/α-hetero) is 1. The first-order valence-electron chi connectivity index (χ1n) is 20.8. The number of unbranched alkanes of at least 4 members (excludes halogenated alkanes) is 19. The zero-order valence-electron chi connectivity index (χ0n) is 32.4. The van der Waals surface area contributed by atoms with Gasteiger partial charge in [-0.1, -0.05) is 147 Å². The second-order valence-electron chi connectivity index (χ2n) is 16.8. The Morgan fingerprint density at radius 3 is 1.69 bits per heavy atom. The summed E-state index contributed by atoms with van der Waals surface area (Å²) in [4.78, 5) is 24.2. The molecule has 0 amide bonds. The molecule has 0 aromatic rings. The molecule has 3 saturated carbocycles. The third-order valence-corrected chi connectivity index (χ3v) is 13.4. The fourth-order valence-electron chi connectivity index (χ4n) is 10.2. The highest BCUT2D eigenvalue weighted by Crippen LogP contribution is 2.69. The second kappa shape index (κ2) is 20.9. The van der Waals surface area contributed by atoms with E-state index in [1.54, 1.807) is 13.8 Å². The summed E-state index contributed by atoms with van der Waals surface area (Å²) in [6.45, 7) is 5.00. The van der Waals surface area contributed by atoms with Gasteiger partial charge < -0.3 is 25.5 Å². The smallest absolute Gasteiger partial charge is 0.192 e. The van der Waals surface area contributed by atoms with Gasteiger partial charge in [0, 0.05) is 23.4 Å². The van der Waals surface area contributed by atoms with Crippen LogP contribution in [0, 0.1) is 22.7 Å². The number of aliphatic hydroxyl groups is 5. The molecule has 294 valence electrons. The lowest BCUT2D eigenvalue weighted by Crippen LogP contribution is -2.69. The van der Waals surface area contributed by atoms with E-state index in [9.17, 15) is 30.0 Å². The monoisotopic (exact) mass is 721 g/mol. The molecule has 0 aliphatic heterocycles. The van der Waals surface area contributed by atoms with Crippen molar-refractivity contribution in [2.75, 3.05) is 13.2 Å². The average Bonchev–Trinajstić information content (AvgIpc) is 3.31. The predicted octanol–water partition coefficient (Wildman–Crippen LogP) is 8.42. The van der Waals surface area contributed by atoms with Crippen LogP contribution in [0.15, 0.2) is 23.8 Å². The minimum absolute atomic E-state index is 0.0135. The topological polar surface area (TPSA) is 135 Å². The van der Waals surface area contributed by atoms with E-state index in [-0.39, 0.29) is 18.6 Å². The van der Waals surface area contributed by atoms with Crippen molar-refractivity contribution in [2.45, 2.75) is 198 Å². The summed E-state index contributed by atoms with van der Waals surface area (Å²) < 4.78 is 16.8. The van der Waals surface area contributed by atoms with E-state index in [0.717, 1.165) is 6.42 Å².